The molecule has 1 aliphatic rings. The summed E-state index contributed by atoms with van der Waals surface area (Å²) < 4.78 is 6.10. The highest BCUT2D eigenvalue weighted by molar-refractivity contribution is 5.27. The Labute approximate surface area is 111 Å². The molecular weight excluding hydrogens is 222 g/mol. The minimum absolute atomic E-state index is 0.174. The third-order valence-electron chi connectivity index (χ3n) is 4.10. The molecule has 0 saturated heterocycles. The maximum absolute atomic E-state index is 6.20. The maximum atomic E-state index is 6.20. The summed E-state index contributed by atoms with van der Waals surface area (Å²) in [6, 6.07) is 8.43. The molecule has 3 unspecified atom stereocenters. The zero-order valence-electron chi connectivity index (χ0n) is 11.7. The number of nitrogens with two attached hydrogens (primary N) is 1. The fourth-order valence-electron chi connectivity index (χ4n) is 2.79. The second-order valence-corrected chi connectivity index (χ2v) is 5.95. The third-order valence-corrected chi connectivity index (χ3v) is 4.10. The zero-order chi connectivity index (χ0) is 13.1. The van der Waals surface area contributed by atoms with Crippen LogP contribution in [0.1, 0.15) is 38.7 Å². The van der Waals surface area contributed by atoms with Gasteiger partial charge < -0.3 is 10.5 Å². The van der Waals surface area contributed by atoms with Gasteiger partial charge in [0.25, 0.3) is 0 Å². The highest BCUT2D eigenvalue weighted by atomic mass is 16.5. The molecule has 0 spiro atoms. The van der Waals surface area contributed by atoms with Gasteiger partial charge in [-0.05, 0) is 55.7 Å². The minimum Gasteiger partial charge on any atom is -0.489 e. The van der Waals surface area contributed by atoms with E-state index in [9.17, 15) is 0 Å². The van der Waals surface area contributed by atoms with Gasteiger partial charge in [0.05, 0.1) is 0 Å². The van der Waals surface area contributed by atoms with Crippen molar-refractivity contribution in [3.05, 3.63) is 29.8 Å². The van der Waals surface area contributed by atoms with Crippen LogP contribution in [0.2, 0.25) is 0 Å². The van der Waals surface area contributed by atoms with Crippen LogP contribution in [0.3, 0.4) is 0 Å². The smallest absolute Gasteiger partial charge is 0.120 e. The third kappa shape index (κ3) is 3.26. The van der Waals surface area contributed by atoms with Crippen molar-refractivity contribution in [2.24, 2.45) is 17.6 Å². The Bertz CT molecular complexity index is 388. The fourth-order valence-corrected chi connectivity index (χ4v) is 2.79. The Morgan fingerprint density at radius 2 is 2.06 bits per heavy atom. The summed E-state index contributed by atoms with van der Waals surface area (Å²) in [6.45, 7) is 6.68. The summed E-state index contributed by atoms with van der Waals surface area (Å²) in [4.78, 5) is 0. The van der Waals surface area contributed by atoms with Crippen molar-refractivity contribution in [2.75, 3.05) is 0 Å². The van der Waals surface area contributed by atoms with E-state index in [2.05, 4.69) is 32.9 Å². The van der Waals surface area contributed by atoms with Crippen LogP contribution in [-0.2, 0) is 0 Å². The molecule has 2 nitrogen and oxygen atoms in total. The van der Waals surface area contributed by atoms with Gasteiger partial charge >= 0.3 is 0 Å². The molecule has 1 aromatic rings. The van der Waals surface area contributed by atoms with Gasteiger partial charge in [0, 0.05) is 6.04 Å². The molecule has 0 aliphatic heterocycles. The molecule has 2 N–H and O–H groups in total. The van der Waals surface area contributed by atoms with Crippen molar-refractivity contribution in [3.8, 4) is 5.75 Å². The summed E-state index contributed by atoms with van der Waals surface area (Å²) in [7, 11) is 0. The van der Waals surface area contributed by atoms with E-state index in [1.54, 1.807) is 0 Å². The molecule has 0 radical (unpaired) electrons. The largest absolute Gasteiger partial charge is 0.489 e. The predicted octanol–water partition coefficient (Wildman–Crippen LogP) is 3.53. The Morgan fingerprint density at radius 3 is 2.72 bits per heavy atom. The van der Waals surface area contributed by atoms with E-state index in [1.807, 2.05) is 12.1 Å². The lowest BCUT2D eigenvalue weighted by Crippen LogP contribution is -2.44. The van der Waals surface area contributed by atoms with Crippen LogP contribution in [-0.4, -0.2) is 12.1 Å². The van der Waals surface area contributed by atoms with Gasteiger partial charge in [0.15, 0.2) is 0 Å². The van der Waals surface area contributed by atoms with E-state index in [4.69, 9.17) is 10.5 Å². The van der Waals surface area contributed by atoms with E-state index in [0.29, 0.717) is 0 Å². The van der Waals surface area contributed by atoms with Crippen LogP contribution >= 0.6 is 0 Å². The van der Waals surface area contributed by atoms with E-state index >= 15 is 0 Å². The van der Waals surface area contributed by atoms with Gasteiger partial charge in [-0.25, -0.2) is 0 Å². The average molecular weight is 247 g/mol. The highest BCUT2D eigenvalue weighted by Crippen LogP contribution is 2.31. The van der Waals surface area contributed by atoms with Crippen LogP contribution in [0.25, 0.3) is 0 Å². The van der Waals surface area contributed by atoms with Crippen molar-refractivity contribution < 1.29 is 4.74 Å². The lowest BCUT2D eigenvalue weighted by molar-refractivity contribution is 0.0867. The average Bonchev–Trinajstić information content (AvgIpc) is 2.31. The van der Waals surface area contributed by atoms with Crippen LogP contribution in [0.15, 0.2) is 24.3 Å². The predicted molar refractivity (Wildman–Crippen MR) is 75.7 cm³/mol. The van der Waals surface area contributed by atoms with E-state index < -0.39 is 0 Å². The van der Waals surface area contributed by atoms with Gasteiger partial charge in [0.2, 0.25) is 0 Å². The van der Waals surface area contributed by atoms with Crippen molar-refractivity contribution in [1.29, 1.82) is 0 Å². The van der Waals surface area contributed by atoms with Gasteiger partial charge in [-0.3, -0.25) is 0 Å². The standard InChI is InChI=1S/C16H25NO/c1-11(2)13-7-8-15(17)16(10-13)18-14-6-4-5-12(3)9-14/h4-6,9,11,13,15-16H,7-8,10,17H2,1-3H3. The second kappa shape index (κ2) is 5.75. The molecule has 18 heavy (non-hydrogen) atoms. The maximum Gasteiger partial charge on any atom is 0.120 e. The molecular formula is C16H25NO. The Morgan fingerprint density at radius 1 is 1.28 bits per heavy atom. The first kappa shape index (κ1) is 13.4. The zero-order valence-corrected chi connectivity index (χ0v) is 11.7. The van der Waals surface area contributed by atoms with E-state index in [0.717, 1.165) is 30.4 Å². The van der Waals surface area contributed by atoms with Crippen molar-refractivity contribution >= 4 is 0 Å². The Kier molecular flexibility index (Phi) is 4.28. The molecule has 0 heterocycles. The van der Waals surface area contributed by atoms with E-state index in [-0.39, 0.29) is 12.1 Å². The van der Waals surface area contributed by atoms with Crippen LogP contribution in [0.4, 0.5) is 0 Å². The topological polar surface area (TPSA) is 35.2 Å². The number of aryl methyl sites for hydroxylation is 1. The number of benzene rings is 1. The molecule has 3 atom stereocenters. The molecule has 1 aromatic carbocycles. The highest BCUT2D eigenvalue weighted by Gasteiger charge is 2.31. The van der Waals surface area contributed by atoms with E-state index in [1.165, 1.54) is 12.0 Å². The molecule has 1 fully saturated rings. The molecule has 1 aliphatic carbocycles. The summed E-state index contributed by atoms with van der Waals surface area (Å²) >= 11 is 0. The first-order chi connectivity index (χ1) is 8.56. The normalized spacial score (nSPS) is 28.4. The minimum atomic E-state index is 0.174. The number of ether oxygens (including phenoxy) is 1. The van der Waals surface area contributed by atoms with Gasteiger partial charge in [0.1, 0.15) is 11.9 Å². The van der Waals surface area contributed by atoms with Gasteiger partial charge in [-0.1, -0.05) is 26.0 Å². The summed E-state index contributed by atoms with van der Waals surface area (Å²) in [6.07, 6.45) is 3.59. The molecule has 100 valence electrons. The lowest BCUT2D eigenvalue weighted by atomic mass is 9.78. The Balaban J connectivity index is 2.02. The number of hydrogen-bond donors (Lipinski definition) is 1. The number of rotatable bonds is 3. The first-order valence-electron chi connectivity index (χ1n) is 7.05. The lowest BCUT2D eigenvalue weighted by Gasteiger charge is -2.36. The quantitative estimate of drug-likeness (QED) is 0.887. The van der Waals surface area contributed by atoms with Crippen LogP contribution in [0.5, 0.6) is 5.75 Å². The van der Waals surface area contributed by atoms with Crippen LogP contribution < -0.4 is 10.5 Å². The Hall–Kier alpha value is -1.02. The van der Waals surface area contributed by atoms with Gasteiger partial charge in [-0.15, -0.1) is 0 Å². The first-order valence-corrected chi connectivity index (χ1v) is 7.05. The van der Waals surface area contributed by atoms with Crippen molar-refractivity contribution in [1.82, 2.24) is 0 Å². The number of hydrogen-bond acceptors (Lipinski definition) is 2. The molecule has 0 aromatic heterocycles. The monoisotopic (exact) mass is 247 g/mol. The van der Waals surface area contributed by atoms with Crippen molar-refractivity contribution in [3.63, 3.8) is 0 Å². The molecule has 2 rings (SSSR count). The summed E-state index contributed by atoms with van der Waals surface area (Å²) in [5, 5.41) is 0. The molecule has 2 heteroatoms. The SMILES string of the molecule is Cc1cccc(OC2CC(C(C)C)CCC2N)c1. The second-order valence-electron chi connectivity index (χ2n) is 5.95. The van der Waals surface area contributed by atoms with Crippen molar-refractivity contribution in [2.45, 2.75) is 52.2 Å². The fraction of sp³-hybridized carbons (Fsp3) is 0.625. The summed E-state index contributed by atoms with van der Waals surface area (Å²) in [5.74, 6) is 2.43. The van der Waals surface area contributed by atoms with Gasteiger partial charge in [-0.2, -0.15) is 0 Å². The molecule has 0 bridgehead atoms. The summed E-state index contributed by atoms with van der Waals surface area (Å²) in [5.41, 5.74) is 7.44. The molecule has 1 saturated carbocycles. The molecule has 0 amide bonds. The van der Waals surface area contributed by atoms with Crippen LogP contribution in [0, 0.1) is 18.8 Å².